The molecule has 2 saturated heterocycles. The first-order valence-electron chi connectivity index (χ1n) is 8.36. The molecule has 18 heavy (non-hydrogen) atoms. The van der Waals surface area contributed by atoms with Gasteiger partial charge in [-0.2, -0.15) is 0 Å². The second kappa shape index (κ2) is 5.92. The Morgan fingerprint density at radius 1 is 1.06 bits per heavy atom. The quantitative estimate of drug-likeness (QED) is 0.779. The van der Waals surface area contributed by atoms with Crippen LogP contribution in [0, 0.1) is 5.92 Å². The molecule has 1 aliphatic carbocycles. The highest BCUT2D eigenvalue weighted by Crippen LogP contribution is 2.37. The van der Waals surface area contributed by atoms with Crippen molar-refractivity contribution in [3.05, 3.63) is 0 Å². The molecule has 2 heterocycles. The Hall–Kier alpha value is -0.0800. The first-order valence-corrected chi connectivity index (χ1v) is 8.36. The first-order chi connectivity index (χ1) is 8.86. The van der Waals surface area contributed by atoms with Crippen molar-refractivity contribution in [1.82, 2.24) is 10.2 Å². The van der Waals surface area contributed by atoms with Crippen molar-refractivity contribution in [3.8, 4) is 0 Å². The summed E-state index contributed by atoms with van der Waals surface area (Å²) in [7, 11) is 0. The molecule has 0 aromatic heterocycles. The van der Waals surface area contributed by atoms with Gasteiger partial charge in [0.2, 0.25) is 0 Å². The van der Waals surface area contributed by atoms with Gasteiger partial charge in [0, 0.05) is 18.1 Å². The highest BCUT2D eigenvalue weighted by atomic mass is 15.2. The van der Waals surface area contributed by atoms with Crippen LogP contribution in [-0.2, 0) is 0 Å². The molecule has 0 aromatic rings. The van der Waals surface area contributed by atoms with E-state index < -0.39 is 0 Å². The van der Waals surface area contributed by atoms with Gasteiger partial charge < -0.3 is 5.32 Å². The van der Waals surface area contributed by atoms with Gasteiger partial charge >= 0.3 is 0 Å². The lowest BCUT2D eigenvalue weighted by molar-refractivity contribution is 0.102. The lowest BCUT2D eigenvalue weighted by Gasteiger charge is -2.40. The molecule has 3 fully saturated rings. The SMILES string of the molecule is CCCNC1CC2CCC(C1)N2CCC1CCC1. The molecule has 0 aromatic carbocycles. The van der Waals surface area contributed by atoms with E-state index in [1.54, 1.807) is 0 Å². The van der Waals surface area contributed by atoms with Crippen molar-refractivity contribution in [2.45, 2.75) is 82.8 Å². The van der Waals surface area contributed by atoms with Crippen LogP contribution in [0.1, 0.15) is 64.7 Å². The second-order valence-electron chi connectivity index (χ2n) is 6.83. The predicted molar refractivity (Wildman–Crippen MR) is 76.8 cm³/mol. The number of fused-ring (bicyclic) bond motifs is 2. The molecule has 1 saturated carbocycles. The summed E-state index contributed by atoms with van der Waals surface area (Å²) in [6, 6.07) is 2.65. The number of hydrogen-bond donors (Lipinski definition) is 1. The van der Waals surface area contributed by atoms with Crippen molar-refractivity contribution < 1.29 is 0 Å². The van der Waals surface area contributed by atoms with Crippen LogP contribution in [0.4, 0.5) is 0 Å². The topological polar surface area (TPSA) is 15.3 Å². The zero-order valence-corrected chi connectivity index (χ0v) is 12.0. The largest absolute Gasteiger partial charge is 0.314 e. The van der Waals surface area contributed by atoms with Gasteiger partial charge in [0.1, 0.15) is 0 Å². The Morgan fingerprint density at radius 3 is 2.33 bits per heavy atom. The van der Waals surface area contributed by atoms with Gasteiger partial charge in [0.25, 0.3) is 0 Å². The molecule has 0 spiro atoms. The molecular formula is C16H30N2. The summed E-state index contributed by atoms with van der Waals surface area (Å²) >= 11 is 0. The summed E-state index contributed by atoms with van der Waals surface area (Å²) in [6.07, 6.45) is 13.1. The zero-order chi connectivity index (χ0) is 12.4. The maximum absolute atomic E-state index is 3.75. The Labute approximate surface area is 113 Å². The number of nitrogens with one attached hydrogen (secondary N) is 1. The van der Waals surface area contributed by atoms with Crippen LogP contribution < -0.4 is 5.32 Å². The predicted octanol–water partition coefficient (Wildman–Crippen LogP) is 3.17. The minimum atomic E-state index is 0.822. The normalized spacial score (nSPS) is 36.8. The monoisotopic (exact) mass is 250 g/mol. The average molecular weight is 250 g/mol. The molecular weight excluding hydrogens is 220 g/mol. The van der Waals surface area contributed by atoms with Crippen molar-refractivity contribution in [2.24, 2.45) is 5.92 Å². The lowest BCUT2D eigenvalue weighted by Crippen LogP contribution is -2.49. The van der Waals surface area contributed by atoms with Crippen molar-refractivity contribution in [2.75, 3.05) is 13.1 Å². The third-order valence-electron chi connectivity index (χ3n) is 5.59. The van der Waals surface area contributed by atoms with Crippen LogP contribution >= 0.6 is 0 Å². The molecule has 1 N–H and O–H groups in total. The summed E-state index contributed by atoms with van der Waals surface area (Å²) in [4.78, 5) is 2.88. The lowest BCUT2D eigenvalue weighted by atomic mass is 9.82. The fourth-order valence-corrected chi connectivity index (χ4v) is 4.27. The van der Waals surface area contributed by atoms with Crippen molar-refractivity contribution >= 4 is 0 Å². The highest BCUT2D eigenvalue weighted by Gasteiger charge is 2.40. The second-order valence-corrected chi connectivity index (χ2v) is 6.83. The molecule has 2 atom stereocenters. The number of hydrogen-bond acceptors (Lipinski definition) is 2. The van der Waals surface area contributed by atoms with Crippen molar-refractivity contribution in [1.29, 1.82) is 0 Å². The van der Waals surface area contributed by atoms with Gasteiger partial charge in [-0.15, -0.1) is 0 Å². The standard InChI is InChI=1S/C16H30N2/c1-2-9-17-14-11-15-6-7-16(12-14)18(15)10-8-13-4-3-5-13/h13-17H,2-12H2,1H3. The Bertz CT molecular complexity index is 248. The molecule has 2 bridgehead atoms. The Kier molecular flexibility index (Phi) is 4.25. The molecule has 3 aliphatic rings. The van der Waals surface area contributed by atoms with Crippen LogP contribution in [0.3, 0.4) is 0 Å². The van der Waals surface area contributed by atoms with E-state index in [9.17, 15) is 0 Å². The van der Waals surface area contributed by atoms with Gasteiger partial charge in [-0.05, 0) is 57.5 Å². The van der Waals surface area contributed by atoms with Gasteiger partial charge in [0.15, 0.2) is 0 Å². The fraction of sp³-hybridized carbons (Fsp3) is 1.00. The van der Waals surface area contributed by atoms with Gasteiger partial charge in [-0.3, -0.25) is 4.90 Å². The number of rotatable bonds is 6. The van der Waals surface area contributed by atoms with Crippen molar-refractivity contribution in [3.63, 3.8) is 0 Å². The maximum Gasteiger partial charge on any atom is 0.0114 e. The van der Waals surface area contributed by atoms with E-state index in [0.29, 0.717) is 0 Å². The summed E-state index contributed by atoms with van der Waals surface area (Å²) < 4.78 is 0. The Morgan fingerprint density at radius 2 is 1.78 bits per heavy atom. The molecule has 3 rings (SSSR count). The minimum Gasteiger partial charge on any atom is -0.314 e. The summed E-state index contributed by atoms with van der Waals surface area (Å²) in [6.45, 7) is 4.89. The van der Waals surface area contributed by atoms with E-state index in [-0.39, 0.29) is 0 Å². The summed E-state index contributed by atoms with van der Waals surface area (Å²) in [5.41, 5.74) is 0. The van der Waals surface area contributed by atoms with E-state index >= 15 is 0 Å². The van der Waals surface area contributed by atoms with Crippen LogP contribution in [0.15, 0.2) is 0 Å². The summed E-state index contributed by atoms with van der Waals surface area (Å²) in [5, 5.41) is 3.75. The molecule has 104 valence electrons. The van der Waals surface area contributed by atoms with E-state index in [2.05, 4.69) is 17.1 Å². The Balaban J connectivity index is 1.46. The van der Waals surface area contributed by atoms with Crippen LogP contribution in [0.25, 0.3) is 0 Å². The molecule has 0 radical (unpaired) electrons. The highest BCUT2D eigenvalue weighted by molar-refractivity contribution is 4.97. The van der Waals surface area contributed by atoms with E-state index in [0.717, 1.165) is 24.0 Å². The van der Waals surface area contributed by atoms with E-state index in [4.69, 9.17) is 0 Å². The van der Waals surface area contributed by atoms with Crippen LogP contribution in [-0.4, -0.2) is 36.1 Å². The summed E-state index contributed by atoms with van der Waals surface area (Å²) in [5.74, 6) is 1.08. The van der Waals surface area contributed by atoms with Crippen LogP contribution in [0.2, 0.25) is 0 Å². The van der Waals surface area contributed by atoms with Gasteiger partial charge in [0.05, 0.1) is 0 Å². The molecule has 2 aliphatic heterocycles. The van der Waals surface area contributed by atoms with E-state index in [1.807, 2.05) is 0 Å². The first kappa shape index (κ1) is 12.9. The smallest absolute Gasteiger partial charge is 0.0114 e. The van der Waals surface area contributed by atoms with Gasteiger partial charge in [-0.25, -0.2) is 0 Å². The fourth-order valence-electron chi connectivity index (χ4n) is 4.27. The molecule has 2 unspecified atom stereocenters. The third-order valence-corrected chi connectivity index (χ3v) is 5.59. The molecule has 2 heteroatoms. The average Bonchev–Trinajstić information content (AvgIpc) is 2.57. The number of nitrogens with zero attached hydrogens (tertiary/aromatic N) is 1. The number of piperidine rings is 1. The van der Waals surface area contributed by atoms with Gasteiger partial charge in [-0.1, -0.05) is 26.2 Å². The zero-order valence-electron chi connectivity index (χ0n) is 12.0. The minimum absolute atomic E-state index is 0.822. The van der Waals surface area contributed by atoms with E-state index in [1.165, 1.54) is 70.9 Å². The molecule has 2 nitrogen and oxygen atoms in total. The molecule has 0 amide bonds. The maximum atomic E-state index is 3.75. The third kappa shape index (κ3) is 2.75. The van der Waals surface area contributed by atoms with Crippen LogP contribution in [0.5, 0.6) is 0 Å².